The van der Waals surface area contributed by atoms with Crippen LogP contribution in [0.15, 0.2) is 23.1 Å². The fraction of sp³-hybridized carbons (Fsp3) is 0.600. The van der Waals surface area contributed by atoms with Crippen molar-refractivity contribution < 1.29 is 21.6 Å². The molecule has 0 amide bonds. The second-order valence-electron chi connectivity index (χ2n) is 6.07. The van der Waals surface area contributed by atoms with Gasteiger partial charge in [-0.15, -0.1) is 12.4 Å². The van der Waals surface area contributed by atoms with E-state index in [1.807, 2.05) is 6.92 Å². The average Bonchev–Trinajstić information content (AvgIpc) is 2.56. The Balaban J connectivity index is 0.00000338. The van der Waals surface area contributed by atoms with Crippen LogP contribution in [0.3, 0.4) is 0 Å². The lowest BCUT2D eigenvalue weighted by atomic mass is 9.96. The summed E-state index contributed by atoms with van der Waals surface area (Å²) < 4.78 is 59.6. The average molecular weight is 428 g/mol. The number of anilines is 1. The summed E-state index contributed by atoms with van der Waals surface area (Å²) in [7, 11) is -6.11. The molecule has 26 heavy (non-hydrogen) atoms. The summed E-state index contributed by atoms with van der Waals surface area (Å²) in [5, 5.41) is 3.16. The Hall–Kier alpha value is -1.07. The van der Waals surface area contributed by atoms with E-state index < -0.39 is 20.0 Å². The van der Waals surface area contributed by atoms with Gasteiger partial charge in [0.15, 0.2) is 0 Å². The van der Waals surface area contributed by atoms with Crippen molar-refractivity contribution >= 4 is 38.1 Å². The number of hydrogen-bond donors (Lipinski definition) is 3. The molecule has 0 radical (unpaired) electrons. The summed E-state index contributed by atoms with van der Waals surface area (Å²) in [6.07, 6.45) is 0.866. The number of nitrogens with one attached hydrogen (secondary N) is 3. The first-order chi connectivity index (χ1) is 11.7. The van der Waals surface area contributed by atoms with Gasteiger partial charge in [0.2, 0.25) is 20.0 Å². The molecule has 2 unspecified atom stereocenters. The SMILES string of the molecule is CCS(=O)(=O)Nc1cc(OC)ccc1S(=O)(=O)NC1CNCCC1C.Cl. The van der Waals surface area contributed by atoms with Crippen molar-refractivity contribution in [3.8, 4) is 5.75 Å². The lowest BCUT2D eigenvalue weighted by Gasteiger charge is -2.30. The van der Waals surface area contributed by atoms with Crippen LogP contribution in [0, 0.1) is 5.92 Å². The zero-order valence-electron chi connectivity index (χ0n) is 15.0. The Bertz CT molecular complexity index is 815. The van der Waals surface area contributed by atoms with Gasteiger partial charge in [-0.25, -0.2) is 21.6 Å². The van der Waals surface area contributed by atoms with E-state index in [1.165, 1.54) is 32.2 Å². The molecule has 0 aliphatic carbocycles. The van der Waals surface area contributed by atoms with Crippen LogP contribution in [0.4, 0.5) is 5.69 Å². The normalized spacial score (nSPS) is 20.9. The predicted molar refractivity (Wildman–Crippen MR) is 104 cm³/mol. The molecule has 2 atom stereocenters. The summed E-state index contributed by atoms with van der Waals surface area (Å²) in [6.45, 7) is 4.85. The van der Waals surface area contributed by atoms with Gasteiger partial charge < -0.3 is 10.1 Å². The topological polar surface area (TPSA) is 114 Å². The molecule has 1 aliphatic rings. The van der Waals surface area contributed by atoms with Crippen molar-refractivity contribution in [1.82, 2.24) is 10.0 Å². The molecule has 0 bridgehead atoms. The minimum atomic E-state index is -3.90. The summed E-state index contributed by atoms with van der Waals surface area (Å²) in [5.41, 5.74) is -0.0230. The Morgan fingerprint density at radius 2 is 1.96 bits per heavy atom. The Morgan fingerprint density at radius 3 is 2.54 bits per heavy atom. The second-order valence-corrected chi connectivity index (χ2v) is 9.76. The largest absolute Gasteiger partial charge is 0.497 e. The van der Waals surface area contributed by atoms with E-state index in [1.54, 1.807) is 0 Å². The Labute approximate surface area is 161 Å². The molecule has 150 valence electrons. The van der Waals surface area contributed by atoms with Gasteiger partial charge in [0, 0.05) is 18.7 Å². The molecule has 0 aromatic heterocycles. The van der Waals surface area contributed by atoms with E-state index >= 15 is 0 Å². The molecule has 11 heteroatoms. The minimum absolute atomic E-state index is 0. The third kappa shape index (κ3) is 5.71. The first kappa shape index (κ1) is 23.0. The van der Waals surface area contributed by atoms with E-state index in [-0.39, 0.29) is 40.7 Å². The van der Waals surface area contributed by atoms with Crippen molar-refractivity contribution in [2.75, 3.05) is 30.7 Å². The highest BCUT2D eigenvalue weighted by molar-refractivity contribution is 7.93. The number of methoxy groups -OCH3 is 1. The summed E-state index contributed by atoms with van der Waals surface area (Å²) in [5.74, 6) is 0.381. The quantitative estimate of drug-likeness (QED) is 0.601. The van der Waals surface area contributed by atoms with Crippen LogP contribution in [0.2, 0.25) is 0 Å². The molecular formula is C15H26ClN3O5S2. The molecule has 2 rings (SSSR count). The zero-order valence-corrected chi connectivity index (χ0v) is 17.4. The number of benzene rings is 1. The molecule has 8 nitrogen and oxygen atoms in total. The van der Waals surface area contributed by atoms with Gasteiger partial charge in [-0.05, 0) is 37.9 Å². The molecule has 1 aromatic carbocycles. The monoisotopic (exact) mass is 427 g/mol. The standard InChI is InChI=1S/C15H25N3O5S2.ClH/c1-4-24(19,20)17-13-9-12(23-3)5-6-15(13)25(21,22)18-14-10-16-8-7-11(14)2;/h5-6,9,11,14,16-18H,4,7-8,10H2,1-3H3;1H. The number of hydrogen-bond acceptors (Lipinski definition) is 6. The number of sulfonamides is 2. The number of piperidine rings is 1. The summed E-state index contributed by atoms with van der Waals surface area (Å²) >= 11 is 0. The fourth-order valence-electron chi connectivity index (χ4n) is 2.60. The van der Waals surface area contributed by atoms with Gasteiger partial charge in [0.1, 0.15) is 10.6 Å². The van der Waals surface area contributed by atoms with Gasteiger partial charge in [-0.3, -0.25) is 4.72 Å². The molecule has 0 spiro atoms. The van der Waals surface area contributed by atoms with Gasteiger partial charge in [-0.2, -0.15) is 0 Å². The maximum absolute atomic E-state index is 12.8. The van der Waals surface area contributed by atoms with Gasteiger partial charge >= 0.3 is 0 Å². The highest BCUT2D eigenvalue weighted by Crippen LogP contribution is 2.28. The van der Waals surface area contributed by atoms with Crippen LogP contribution in [-0.4, -0.2) is 48.8 Å². The van der Waals surface area contributed by atoms with E-state index in [2.05, 4.69) is 14.8 Å². The third-order valence-corrected chi connectivity index (χ3v) is 7.09. The molecule has 1 aromatic rings. The van der Waals surface area contributed by atoms with Crippen molar-refractivity contribution in [1.29, 1.82) is 0 Å². The van der Waals surface area contributed by atoms with E-state index in [0.717, 1.165) is 13.0 Å². The van der Waals surface area contributed by atoms with Crippen LogP contribution in [0.25, 0.3) is 0 Å². The molecular weight excluding hydrogens is 402 g/mol. The van der Waals surface area contributed by atoms with Crippen LogP contribution in [-0.2, 0) is 20.0 Å². The number of halogens is 1. The highest BCUT2D eigenvalue weighted by atomic mass is 35.5. The van der Waals surface area contributed by atoms with Crippen LogP contribution in [0.5, 0.6) is 5.75 Å². The first-order valence-electron chi connectivity index (χ1n) is 8.10. The van der Waals surface area contributed by atoms with E-state index in [9.17, 15) is 16.8 Å². The van der Waals surface area contributed by atoms with Crippen LogP contribution in [0.1, 0.15) is 20.3 Å². The zero-order chi connectivity index (χ0) is 18.7. The van der Waals surface area contributed by atoms with Gasteiger partial charge in [0.25, 0.3) is 0 Å². The predicted octanol–water partition coefficient (Wildman–Crippen LogP) is 1.15. The Kier molecular flexibility index (Phi) is 8.15. The van der Waals surface area contributed by atoms with Gasteiger partial charge in [0.05, 0.1) is 18.6 Å². The fourth-order valence-corrected chi connectivity index (χ4v) is 4.80. The smallest absolute Gasteiger partial charge is 0.242 e. The molecule has 1 fully saturated rings. The molecule has 1 aliphatic heterocycles. The maximum atomic E-state index is 12.8. The van der Waals surface area contributed by atoms with Crippen molar-refractivity contribution in [2.24, 2.45) is 5.92 Å². The maximum Gasteiger partial charge on any atom is 0.242 e. The first-order valence-corrected chi connectivity index (χ1v) is 11.2. The lowest BCUT2D eigenvalue weighted by molar-refractivity contribution is 0.327. The molecule has 0 saturated carbocycles. The highest BCUT2D eigenvalue weighted by Gasteiger charge is 2.29. The summed E-state index contributed by atoms with van der Waals surface area (Å²) in [6, 6.07) is 3.94. The second kappa shape index (κ2) is 9.23. The summed E-state index contributed by atoms with van der Waals surface area (Å²) in [4.78, 5) is -0.122. The van der Waals surface area contributed by atoms with Crippen molar-refractivity contribution in [3.05, 3.63) is 18.2 Å². The number of ether oxygens (including phenoxy) is 1. The van der Waals surface area contributed by atoms with Crippen LogP contribution < -0.4 is 19.5 Å². The van der Waals surface area contributed by atoms with E-state index in [4.69, 9.17) is 4.74 Å². The minimum Gasteiger partial charge on any atom is -0.497 e. The molecule has 3 N–H and O–H groups in total. The molecule has 1 heterocycles. The Morgan fingerprint density at radius 1 is 1.27 bits per heavy atom. The van der Waals surface area contributed by atoms with Crippen molar-refractivity contribution in [3.63, 3.8) is 0 Å². The third-order valence-electron chi connectivity index (χ3n) is 4.26. The lowest BCUT2D eigenvalue weighted by Crippen LogP contribution is -2.50. The van der Waals surface area contributed by atoms with Crippen molar-refractivity contribution in [2.45, 2.75) is 31.2 Å². The van der Waals surface area contributed by atoms with E-state index in [0.29, 0.717) is 12.3 Å². The molecule has 1 saturated heterocycles. The van der Waals surface area contributed by atoms with Crippen LogP contribution >= 0.6 is 12.4 Å². The number of rotatable bonds is 7. The van der Waals surface area contributed by atoms with Gasteiger partial charge in [-0.1, -0.05) is 6.92 Å².